The molecule has 0 unspecified atom stereocenters. The molecule has 0 spiro atoms. The topological polar surface area (TPSA) is 82.2 Å². The standard InChI is InChI=1S/C7H8N2O3/c10-6(7(11)12)9-4-5-2-1-3-8-5/h1-3,8H,4H2,(H,9,10)(H,11,12). The van der Waals surface area contributed by atoms with Gasteiger partial charge in [-0.15, -0.1) is 0 Å². The zero-order chi connectivity index (χ0) is 8.97. The van der Waals surface area contributed by atoms with Gasteiger partial charge in [0, 0.05) is 11.9 Å². The van der Waals surface area contributed by atoms with Gasteiger partial charge in [-0.25, -0.2) is 4.79 Å². The molecule has 0 radical (unpaired) electrons. The first-order valence-corrected chi connectivity index (χ1v) is 3.33. The van der Waals surface area contributed by atoms with Crippen molar-refractivity contribution >= 4 is 11.9 Å². The second-order valence-electron chi connectivity index (χ2n) is 2.18. The molecule has 0 bridgehead atoms. The number of H-pyrrole nitrogens is 1. The van der Waals surface area contributed by atoms with Gasteiger partial charge in [0.1, 0.15) is 0 Å². The minimum atomic E-state index is -1.47. The summed E-state index contributed by atoms with van der Waals surface area (Å²) in [6, 6.07) is 3.52. The summed E-state index contributed by atoms with van der Waals surface area (Å²) in [5.74, 6) is -2.47. The Morgan fingerprint density at radius 2 is 2.33 bits per heavy atom. The van der Waals surface area contributed by atoms with Crippen molar-refractivity contribution in [3.63, 3.8) is 0 Å². The fourth-order valence-corrected chi connectivity index (χ4v) is 0.729. The summed E-state index contributed by atoms with van der Waals surface area (Å²) >= 11 is 0. The van der Waals surface area contributed by atoms with Crippen molar-refractivity contribution in [1.82, 2.24) is 10.3 Å². The number of aliphatic carboxylic acids is 1. The molecular weight excluding hydrogens is 160 g/mol. The number of amides is 1. The number of carboxylic acid groups (broad SMARTS) is 1. The highest BCUT2D eigenvalue weighted by Crippen LogP contribution is 1.92. The summed E-state index contributed by atoms with van der Waals surface area (Å²) in [4.78, 5) is 23.4. The van der Waals surface area contributed by atoms with Crippen molar-refractivity contribution in [2.45, 2.75) is 6.54 Å². The van der Waals surface area contributed by atoms with E-state index >= 15 is 0 Å². The van der Waals surface area contributed by atoms with Crippen molar-refractivity contribution in [2.24, 2.45) is 0 Å². The van der Waals surface area contributed by atoms with Gasteiger partial charge in [-0.3, -0.25) is 4.79 Å². The Morgan fingerprint density at radius 3 is 2.83 bits per heavy atom. The van der Waals surface area contributed by atoms with E-state index in [9.17, 15) is 9.59 Å². The molecule has 1 heterocycles. The molecule has 1 aromatic rings. The van der Waals surface area contributed by atoms with Crippen LogP contribution >= 0.6 is 0 Å². The third kappa shape index (κ3) is 2.12. The van der Waals surface area contributed by atoms with Crippen molar-refractivity contribution in [3.8, 4) is 0 Å². The highest BCUT2D eigenvalue weighted by Gasteiger charge is 2.09. The number of rotatable bonds is 2. The second kappa shape index (κ2) is 3.56. The van der Waals surface area contributed by atoms with E-state index in [2.05, 4.69) is 10.3 Å². The van der Waals surface area contributed by atoms with Gasteiger partial charge in [0.15, 0.2) is 0 Å². The van der Waals surface area contributed by atoms with Gasteiger partial charge in [-0.05, 0) is 12.1 Å². The zero-order valence-electron chi connectivity index (χ0n) is 6.20. The third-order valence-electron chi connectivity index (χ3n) is 1.30. The van der Waals surface area contributed by atoms with Gasteiger partial charge < -0.3 is 15.4 Å². The number of carbonyl (C=O) groups is 2. The first-order valence-electron chi connectivity index (χ1n) is 3.33. The molecule has 1 rings (SSSR count). The van der Waals surface area contributed by atoms with E-state index in [1.54, 1.807) is 18.3 Å². The molecule has 0 fully saturated rings. The first kappa shape index (κ1) is 8.32. The molecule has 0 saturated heterocycles. The van der Waals surface area contributed by atoms with Crippen LogP contribution in [0.4, 0.5) is 0 Å². The molecular formula is C7H8N2O3. The second-order valence-corrected chi connectivity index (χ2v) is 2.18. The minimum absolute atomic E-state index is 0.206. The Kier molecular flexibility index (Phi) is 2.47. The molecule has 0 atom stereocenters. The highest BCUT2D eigenvalue weighted by atomic mass is 16.4. The van der Waals surface area contributed by atoms with E-state index in [-0.39, 0.29) is 6.54 Å². The van der Waals surface area contributed by atoms with E-state index in [0.29, 0.717) is 0 Å². The van der Waals surface area contributed by atoms with Gasteiger partial charge in [-0.2, -0.15) is 0 Å². The smallest absolute Gasteiger partial charge is 0.394 e. The van der Waals surface area contributed by atoms with Gasteiger partial charge in [0.25, 0.3) is 0 Å². The summed E-state index contributed by atoms with van der Waals surface area (Å²) in [6.45, 7) is 0.206. The molecule has 5 heteroatoms. The molecule has 0 aliphatic rings. The fourth-order valence-electron chi connectivity index (χ4n) is 0.729. The van der Waals surface area contributed by atoms with Crippen LogP contribution < -0.4 is 5.32 Å². The number of aromatic amines is 1. The maximum atomic E-state index is 10.5. The van der Waals surface area contributed by atoms with Crippen LogP contribution in [0.3, 0.4) is 0 Å². The van der Waals surface area contributed by atoms with Gasteiger partial charge in [-0.1, -0.05) is 0 Å². The van der Waals surface area contributed by atoms with Crippen LogP contribution in [0.5, 0.6) is 0 Å². The molecule has 3 N–H and O–H groups in total. The van der Waals surface area contributed by atoms with Crippen LogP contribution in [0.15, 0.2) is 18.3 Å². The molecule has 1 aromatic heterocycles. The van der Waals surface area contributed by atoms with Crippen LogP contribution in [-0.4, -0.2) is 22.0 Å². The summed E-state index contributed by atoms with van der Waals surface area (Å²) in [7, 11) is 0. The van der Waals surface area contributed by atoms with Gasteiger partial charge in [0.2, 0.25) is 0 Å². The van der Waals surface area contributed by atoms with Crippen molar-refractivity contribution in [3.05, 3.63) is 24.0 Å². The Labute approximate surface area is 68.4 Å². The maximum Gasteiger partial charge on any atom is 0.394 e. The Hall–Kier alpha value is -1.78. The van der Waals surface area contributed by atoms with Crippen molar-refractivity contribution in [1.29, 1.82) is 0 Å². The normalized spacial score (nSPS) is 9.33. The number of carboxylic acids is 1. The van der Waals surface area contributed by atoms with E-state index in [1.807, 2.05) is 0 Å². The zero-order valence-corrected chi connectivity index (χ0v) is 6.20. The fraction of sp³-hybridized carbons (Fsp3) is 0.143. The predicted molar refractivity (Wildman–Crippen MR) is 40.3 cm³/mol. The highest BCUT2D eigenvalue weighted by molar-refractivity contribution is 6.31. The summed E-state index contributed by atoms with van der Waals surface area (Å²) in [6.07, 6.45) is 1.70. The third-order valence-corrected chi connectivity index (χ3v) is 1.30. The summed E-state index contributed by atoms with van der Waals surface area (Å²) < 4.78 is 0. The molecule has 12 heavy (non-hydrogen) atoms. The summed E-state index contributed by atoms with van der Waals surface area (Å²) in [5.41, 5.74) is 0.768. The molecule has 0 aliphatic heterocycles. The molecule has 0 saturated carbocycles. The summed E-state index contributed by atoms with van der Waals surface area (Å²) in [5, 5.41) is 10.4. The predicted octanol–water partition coefficient (Wildman–Crippen LogP) is -0.285. The van der Waals surface area contributed by atoms with Crippen LogP contribution in [0, 0.1) is 0 Å². The lowest BCUT2D eigenvalue weighted by Gasteiger charge is -1.97. The van der Waals surface area contributed by atoms with E-state index < -0.39 is 11.9 Å². The number of carbonyl (C=O) groups excluding carboxylic acids is 1. The lowest BCUT2D eigenvalue weighted by Crippen LogP contribution is -2.30. The largest absolute Gasteiger partial charge is 0.474 e. The minimum Gasteiger partial charge on any atom is -0.474 e. The van der Waals surface area contributed by atoms with Crippen LogP contribution in [0.1, 0.15) is 5.69 Å². The average molecular weight is 168 g/mol. The van der Waals surface area contributed by atoms with E-state index in [0.717, 1.165) is 5.69 Å². The van der Waals surface area contributed by atoms with Crippen LogP contribution in [0.2, 0.25) is 0 Å². The van der Waals surface area contributed by atoms with Crippen molar-refractivity contribution < 1.29 is 14.7 Å². The lowest BCUT2D eigenvalue weighted by molar-refractivity contribution is -0.150. The molecule has 0 aliphatic carbocycles. The molecule has 64 valence electrons. The van der Waals surface area contributed by atoms with Crippen molar-refractivity contribution in [2.75, 3.05) is 0 Å². The van der Waals surface area contributed by atoms with E-state index in [1.165, 1.54) is 0 Å². The number of nitrogens with one attached hydrogen (secondary N) is 2. The van der Waals surface area contributed by atoms with Gasteiger partial charge in [0.05, 0.1) is 6.54 Å². The number of hydrogen-bond donors (Lipinski definition) is 3. The Morgan fingerprint density at radius 1 is 1.58 bits per heavy atom. The first-order chi connectivity index (χ1) is 5.70. The monoisotopic (exact) mass is 168 g/mol. The molecule has 5 nitrogen and oxygen atoms in total. The average Bonchev–Trinajstić information content (AvgIpc) is 2.51. The number of hydrogen-bond acceptors (Lipinski definition) is 2. The van der Waals surface area contributed by atoms with Gasteiger partial charge >= 0.3 is 11.9 Å². The Balaban J connectivity index is 2.37. The molecule has 0 aromatic carbocycles. The van der Waals surface area contributed by atoms with E-state index in [4.69, 9.17) is 5.11 Å². The maximum absolute atomic E-state index is 10.5. The molecule has 1 amide bonds. The van der Waals surface area contributed by atoms with Crippen LogP contribution in [-0.2, 0) is 16.1 Å². The SMILES string of the molecule is O=C(O)C(=O)NCc1ccc[nH]1. The Bertz CT molecular complexity index is 279. The van der Waals surface area contributed by atoms with Crippen LogP contribution in [0.25, 0.3) is 0 Å². The number of aromatic nitrogens is 1. The quantitative estimate of drug-likeness (QED) is 0.531. The lowest BCUT2D eigenvalue weighted by atomic mass is 10.4.